The molecule has 0 aliphatic carbocycles. The van der Waals surface area contributed by atoms with E-state index in [0.717, 1.165) is 71.5 Å². The maximum absolute atomic E-state index is 7.01. The third-order valence-electron chi connectivity index (χ3n) is 12.7. The van der Waals surface area contributed by atoms with Crippen molar-refractivity contribution in [3.8, 4) is 39.9 Å². The zero-order chi connectivity index (χ0) is 41.2. The minimum atomic E-state index is 0.544. The molecule has 0 atom stereocenters. The summed E-state index contributed by atoms with van der Waals surface area (Å²) in [5.74, 6) is 1.76. The van der Waals surface area contributed by atoms with Gasteiger partial charge >= 0.3 is 0 Å². The first-order chi connectivity index (χ1) is 31.2. The first-order valence-electron chi connectivity index (χ1n) is 21.2. The van der Waals surface area contributed by atoms with Crippen molar-refractivity contribution in [2.45, 2.75) is 0 Å². The minimum Gasteiger partial charge on any atom is -0.455 e. The van der Waals surface area contributed by atoms with Crippen LogP contribution in [-0.4, -0.2) is 19.5 Å². The van der Waals surface area contributed by atoms with Crippen LogP contribution >= 0.6 is 11.3 Å². The molecule has 10 aromatic carbocycles. The van der Waals surface area contributed by atoms with Crippen LogP contribution in [0.3, 0.4) is 0 Å². The molecular weight excluding hydrogens is 789 g/mol. The fourth-order valence-electron chi connectivity index (χ4n) is 9.80. The molecule has 0 fully saturated rings. The summed E-state index contributed by atoms with van der Waals surface area (Å²) in [6.45, 7) is 0. The third-order valence-corrected chi connectivity index (χ3v) is 13.9. The van der Waals surface area contributed by atoms with E-state index < -0.39 is 0 Å². The molecule has 4 aromatic heterocycles. The lowest BCUT2D eigenvalue weighted by Crippen LogP contribution is -2.02. The van der Waals surface area contributed by atoms with Crippen LogP contribution in [0.25, 0.3) is 136 Å². The molecular formula is C57H32N4OS. The van der Waals surface area contributed by atoms with Crippen molar-refractivity contribution in [3.05, 3.63) is 194 Å². The Morgan fingerprint density at radius 3 is 1.60 bits per heavy atom. The van der Waals surface area contributed by atoms with Gasteiger partial charge in [0.25, 0.3) is 0 Å². The number of aromatic nitrogens is 4. The van der Waals surface area contributed by atoms with Crippen LogP contribution in [0.2, 0.25) is 0 Å². The van der Waals surface area contributed by atoms with Crippen LogP contribution in [-0.2, 0) is 0 Å². The zero-order valence-corrected chi connectivity index (χ0v) is 34.4. The second-order valence-corrected chi connectivity index (χ2v) is 17.5. The molecule has 4 heterocycles. The summed E-state index contributed by atoms with van der Waals surface area (Å²) in [5, 5.41) is 13.8. The monoisotopic (exact) mass is 820 g/mol. The Bertz CT molecular complexity index is 4130. The number of fused-ring (bicyclic) bond motifs is 12. The SMILES string of the molecule is c1ccc(-c2nc(-c3cc(-n4c5cc6ccccc6cc5c5cc6ccccc6cc54)cc4c3oc3cc5ccccc5cc34)nc(-c3cccc4sc5ccccc5c34)n2)cc1. The van der Waals surface area contributed by atoms with Crippen molar-refractivity contribution in [2.75, 3.05) is 0 Å². The summed E-state index contributed by atoms with van der Waals surface area (Å²) >= 11 is 1.79. The van der Waals surface area contributed by atoms with Gasteiger partial charge in [-0.25, -0.2) is 15.0 Å². The molecule has 6 heteroatoms. The molecule has 0 N–H and O–H groups in total. The van der Waals surface area contributed by atoms with Crippen LogP contribution in [0.4, 0.5) is 0 Å². The van der Waals surface area contributed by atoms with Gasteiger partial charge in [-0.15, -0.1) is 11.3 Å². The average Bonchev–Trinajstić information content (AvgIpc) is 4.00. The third kappa shape index (κ3) is 5.25. The summed E-state index contributed by atoms with van der Waals surface area (Å²) in [5.41, 5.74) is 7.46. The Morgan fingerprint density at radius 1 is 0.381 bits per heavy atom. The Kier molecular flexibility index (Phi) is 7.21. The Balaban J connectivity index is 1.12. The molecule has 0 aliphatic heterocycles. The van der Waals surface area contributed by atoms with Gasteiger partial charge < -0.3 is 8.98 Å². The van der Waals surface area contributed by atoms with Gasteiger partial charge in [-0.3, -0.25) is 0 Å². The van der Waals surface area contributed by atoms with Gasteiger partial charge in [-0.1, -0.05) is 133 Å². The zero-order valence-electron chi connectivity index (χ0n) is 33.6. The van der Waals surface area contributed by atoms with Gasteiger partial charge in [-0.05, 0) is 93.0 Å². The number of rotatable bonds is 4. The molecule has 0 bridgehead atoms. The molecule has 0 unspecified atom stereocenters. The van der Waals surface area contributed by atoms with E-state index in [1.807, 2.05) is 18.2 Å². The highest BCUT2D eigenvalue weighted by molar-refractivity contribution is 7.25. The van der Waals surface area contributed by atoms with Crippen molar-refractivity contribution < 1.29 is 4.42 Å². The van der Waals surface area contributed by atoms with Gasteiger partial charge in [0, 0.05) is 58.5 Å². The second kappa shape index (κ2) is 13.2. The number of furan rings is 1. The Morgan fingerprint density at radius 2 is 0.921 bits per heavy atom. The number of benzene rings is 10. The van der Waals surface area contributed by atoms with Crippen molar-refractivity contribution >= 4 is 108 Å². The topological polar surface area (TPSA) is 56.7 Å². The largest absolute Gasteiger partial charge is 0.455 e. The van der Waals surface area contributed by atoms with E-state index in [-0.39, 0.29) is 0 Å². The number of hydrogen-bond donors (Lipinski definition) is 0. The molecule has 292 valence electrons. The average molecular weight is 821 g/mol. The van der Waals surface area contributed by atoms with Crippen LogP contribution in [0.5, 0.6) is 0 Å². The second-order valence-electron chi connectivity index (χ2n) is 16.4. The highest BCUT2D eigenvalue weighted by Gasteiger charge is 2.23. The minimum absolute atomic E-state index is 0.544. The van der Waals surface area contributed by atoms with Crippen molar-refractivity contribution in [1.29, 1.82) is 0 Å². The lowest BCUT2D eigenvalue weighted by atomic mass is 10.0. The smallest absolute Gasteiger partial charge is 0.167 e. The number of thiophene rings is 1. The van der Waals surface area contributed by atoms with E-state index in [4.69, 9.17) is 19.4 Å². The summed E-state index contributed by atoms with van der Waals surface area (Å²) in [6, 6.07) is 69.3. The van der Waals surface area contributed by atoms with Crippen LogP contribution in [0.15, 0.2) is 199 Å². The van der Waals surface area contributed by atoms with Crippen LogP contribution in [0.1, 0.15) is 0 Å². The Hall–Kier alpha value is -8.19. The summed E-state index contributed by atoms with van der Waals surface area (Å²) in [7, 11) is 0. The van der Waals surface area contributed by atoms with E-state index >= 15 is 0 Å². The first-order valence-corrected chi connectivity index (χ1v) is 22.0. The predicted molar refractivity (Wildman–Crippen MR) is 263 cm³/mol. The van der Waals surface area contributed by atoms with Gasteiger partial charge in [0.05, 0.1) is 16.6 Å². The van der Waals surface area contributed by atoms with Gasteiger partial charge in [0.1, 0.15) is 11.2 Å². The van der Waals surface area contributed by atoms with E-state index in [9.17, 15) is 0 Å². The molecule has 14 aromatic rings. The Labute approximate surface area is 363 Å². The highest BCUT2D eigenvalue weighted by Crippen LogP contribution is 2.44. The summed E-state index contributed by atoms with van der Waals surface area (Å²) < 4.78 is 11.9. The fourth-order valence-corrected chi connectivity index (χ4v) is 10.9. The normalized spacial score (nSPS) is 12.1. The fraction of sp³-hybridized carbons (Fsp3) is 0. The number of hydrogen-bond acceptors (Lipinski definition) is 5. The van der Waals surface area contributed by atoms with Crippen LogP contribution in [0, 0.1) is 0 Å². The molecule has 0 amide bonds. The molecule has 0 aliphatic rings. The summed E-state index contributed by atoms with van der Waals surface area (Å²) in [6.07, 6.45) is 0. The van der Waals surface area contributed by atoms with E-state index in [1.165, 1.54) is 47.1 Å². The van der Waals surface area contributed by atoms with Gasteiger partial charge in [0.2, 0.25) is 0 Å². The summed E-state index contributed by atoms with van der Waals surface area (Å²) in [4.78, 5) is 16.1. The van der Waals surface area contributed by atoms with Crippen molar-refractivity contribution in [3.63, 3.8) is 0 Å². The van der Waals surface area contributed by atoms with E-state index in [1.54, 1.807) is 11.3 Å². The highest BCUT2D eigenvalue weighted by atomic mass is 32.1. The predicted octanol–water partition coefficient (Wildman–Crippen LogP) is 15.7. The quantitative estimate of drug-likeness (QED) is 0.177. The van der Waals surface area contributed by atoms with Gasteiger partial charge in [0.15, 0.2) is 17.5 Å². The molecule has 0 radical (unpaired) electrons. The van der Waals surface area contributed by atoms with Crippen molar-refractivity contribution in [1.82, 2.24) is 19.5 Å². The van der Waals surface area contributed by atoms with E-state index in [0.29, 0.717) is 17.5 Å². The first kappa shape index (κ1) is 34.5. The van der Waals surface area contributed by atoms with Crippen molar-refractivity contribution in [2.24, 2.45) is 0 Å². The molecule has 63 heavy (non-hydrogen) atoms. The number of nitrogens with zero attached hydrogens (tertiary/aromatic N) is 4. The molecule has 0 saturated heterocycles. The van der Waals surface area contributed by atoms with E-state index in [2.05, 4.69) is 180 Å². The molecule has 0 saturated carbocycles. The lowest BCUT2D eigenvalue weighted by Gasteiger charge is -2.13. The molecule has 0 spiro atoms. The maximum Gasteiger partial charge on any atom is 0.167 e. The maximum atomic E-state index is 7.01. The van der Waals surface area contributed by atoms with Crippen LogP contribution < -0.4 is 0 Å². The lowest BCUT2D eigenvalue weighted by molar-refractivity contribution is 0.670. The molecule has 5 nitrogen and oxygen atoms in total. The standard InChI is InChI=1S/C57H32N4OS/c1-2-13-33(14-3-1)55-58-56(42-22-12-24-52-53(42)41-21-10-11-23-51(41)63-52)60-57(59-55)47-32-40(31-46-45-27-36-17-6-9-20-39(36)30-50(45)62-54(46)47)61-48-28-37-18-7-4-15-34(37)25-43(48)44-26-35-16-5-8-19-38(35)29-49(44)61/h1-32H. The van der Waals surface area contributed by atoms with Gasteiger partial charge in [-0.2, -0.15) is 0 Å². The molecule has 14 rings (SSSR count).